The van der Waals surface area contributed by atoms with Crippen LogP contribution in [0.25, 0.3) is 0 Å². The molecule has 2 rings (SSSR count). The zero-order valence-electron chi connectivity index (χ0n) is 11.8. The van der Waals surface area contributed by atoms with Crippen LogP contribution in [0.1, 0.15) is 11.1 Å². The van der Waals surface area contributed by atoms with Crippen LogP contribution < -0.4 is 10.6 Å². The summed E-state index contributed by atoms with van der Waals surface area (Å²) in [6, 6.07) is 7.54. The molecule has 0 aliphatic heterocycles. The fourth-order valence-corrected chi connectivity index (χ4v) is 1.91. The summed E-state index contributed by atoms with van der Waals surface area (Å²) in [4.78, 5) is 15.5. The Bertz CT molecular complexity index is 537. The van der Waals surface area contributed by atoms with Crippen LogP contribution in [0.5, 0.6) is 0 Å². The number of aliphatic hydroxyl groups excluding tert-OH is 1. The summed E-state index contributed by atoms with van der Waals surface area (Å²) in [5.41, 5.74) is 2.02. The van der Waals surface area contributed by atoms with E-state index in [2.05, 4.69) is 15.6 Å². The van der Waals surface area contributed by atoms with Gasteiger partial charge < -0.3 is 20.3 Å². The Labute approximate surface area is 123 Å². The predicted molar refractivity (Wildman–Crippen MR) is 79.7 cm³/mol. The number of nitrogens with zero attached hydrogens (tertiary/aromatic N) is 2. The minimum atomic E-state index is -0.165. The molecule has 0 atom stereocenters. The van der Waals surface area contributed by atoms with Gasteiger partial charge in [-0.1, -0.05) is 24.3 Å². The predicted octanol–water partition coefficient (Wildman–Crippen LogP) is 0.917. The quantitative estimate of drug-likeness (QED) is 0.709. The zero-order chi connectivity index (χ0) is 14.9. The standard InChI is InChI=1S/C15H20N4O2/c20-11-14-3-1-13(2-4-14)5-6-17-15(21)18-8-10-19-9-7-16-12-19/h1-4,7,9,12,20H,5-6,8,10-11H2,(H2,17,18,21). The first-order chi connectivity index (χ1) is 10.3. The van der Waals surface area contributed by atoms with Crippen LogP contribution in [0.2, 0.25) is 0 Å². The first-order valence-electron chi connectivity index (χ1n) is 6.94. The number of nitrogens with one attached hydrogen (secondary N) is 2. The summed E-state index contributed by atoms with van der Waals surface area (Å²) in [5, 5.41) is 14.6. The molecule has 0 saturated heterocycles. The summed E-state index contributed by atoms with van der Waals surface area (Å²) in [5.74, 6) is 0. The number of hydrogen-bond acceptors (Lipinski definition) is 3. The lowest BCUT2D eigenvalue weighted by Crippen LogP contribution is -2.38. The molecule has 1 aromatic carbocycles. The van der Waals surface area contributed by atoms with Crippen molar-refractivity contribution >= 4 is 6.03 Å². The monoisotopic (exact) mass is 288 g/mol. The maximum atomic E-state index is 11.6. The number of urea groups is 1. The summed E-state index contributed by atoms with van der Waals surface area (Å²) in [6.45, 7) is 1.90. The van der Waals surface area contributed by atoms with Crippen molar-refractivity contribution in [1.82, 2.24) is 20.2 Å². The molecule has 6 nitrogen and oxygen atoms in total. The third-order valence-corrected chi connectivity index (χ3v) is 3.12. The molecule has 0 spiro atoms. The van der Waals surface area contributed by atoms with Crippen LogP contribution in [0, 0.1) is 0 Å². The van der Waals surface area contributed by atoms with E-state index in [-0.39, 0.29) is 12.6 Å². The average Bonchev–Trinajstić information content (AvgIpc) is 3.01. The molecule has 1 aromatic heterocycles. The first kappa shape index (κ1) is 15.1. The van der Waals surface area contributed by atoms with Crippen molar-refractivity contribution < 1.29 is 9.90 Å². The normalized spacial score (nSPS) is 10.3. The second-order valence-corrected chi connectivity index (χ2v) is 4.71. The van der Waals surface area contributed by atoms with Gasteiger partial charge in [0.25, 0.3) is 0 Å². The number of aromatic nitrogens is 2. The van der Waals surface area contributed by atoms with Crippen LogP contribution in [-0.2, 0) is 19.6 Å². The third kappa shape index (κ3) is 5.27. The van der Waals surface area contributed by atoms with Gasteiger partial charge in [0, 0.05) is 32.0 Å². The first-order valence-corrected chi connectivity index (χ1v) is 6.94. The van der Waals surface area contributed by atoms with E-state index < -0.39 is 0 Å². The molecule has 0 aliphatic rings. The molecule has 6 heteroatoms. The zero-order valence-corrected chi connectivity index (χ0v) is 11.8. The number of amides is 2. The lowest BCUT2D eigenvalue weighted by Gasteiger charge is -2.08. The van der Waals surface area contributed by atoms with E-state index in [4.69, 9.17) is 5.11 Å². The molecule has 0 radical (unpaired) electrons. The lowest BCUT2D eigenvalue weighted by molar-refractivity contribution is 0.240. The Morgan fingerprint density at radius 1 is 1.14 bits per heavy atom. The van der Waals surface area contributed by atoms with Crippen molar-refractivity contribution in [1.29, 1.82) is 0 Å². The highest BCUT2D eigenvalue weighted by molar-refractivity contribution is 5.73. The average molecular weight is 288 g/mol. The third-order valence-electron chi connectivity index (χ3n) is 3.12. The topological polar surface area (TPSA) is 79.2 Å². The number of carbonyl (C=O) groups excluding carboxylic acids is 1. The SMILES string of the molecule is O=C(NCCc1ccc(CO)cc1)NCCn1ccnc1. The Hall–Kier alpha value is -2.34. The number of aliphatic hydroxyl groups is 1. The van der Waals surface area contributed by atoms with Crippen molar-refractivity contribution in [3.8, 4) is 0 Å². The van der Waals surface area contributed by atoms with Crippen molar-refractivity contribution in [3.05, 3.63) is 54.1 Å². The van der Waals surface area contributed by atoms with E-state index in [1.807, 2.05) is 35.0 Å². The summed E-state index contributed by atoms with van der Waals surface area (Å²) in [6.07, 6.45) is 6.05. The summed E-state index contributed by atoms with van der Waals surface area (Å²) in [7, 11) is 0. The minimum absolute atomic E-state index is 0.0534. The van der Waals surface area contributed by atoms with Gasteiger partial charge in [-0.05, 0) is 17.5 Å². The number of carbonyl (C=O) groups is 1. The molecular formula is C15H20N4O2. The highest BCUT2D eigenvalue weighted by Crippen LogP contribution is 2.04. The second-order valence-electron chi connectivity index (χ2n) is 4.71. The molecule has 1 heterocycles. The van der Waals surface area contributed by atoms with Crippen LogP contribution in [0.3, 0.4) is 0 Å². The Morgan fingerprint density at radius 3 is 2.52 bits per heavy atom. The van der Waals surface area contributed by atoms with Crippen molar-refractivity contribution in [2.75, 3.05) is 13.1 Å². The molecule has 3 N–H and O–H groups in total. The van der Waals surface area contributed by atoms with Crippen LogP contribution in [0.15, 0.2) is 43.0 Å². The van der Waals surface area contributed by atoms with Gasteiger partial charge in [0.1, 0.15) is 0 Å². The van der Waals surface area contributed by atoms with E-state index in [1.54, 1.807) is 12.5 Å². The minimum Gasteiger partial charge on any atom is -0.392 e. The molecule has 0 bridgehead atoms. The Balaban J connectivity index is 1.60. The van der Waals surface area contributed by atoms with Crippen molar-refractivity contribution in [3.63, 3.8) is 0 Å². The van der Waals surface area contributed by atoms with Gasteiger partial charge in [-0.2, -0.15) is 0 Å². The van der Waals surface area contributed by atoms with E-state index >= 15 is 0 Å². The van der Waals surface area contributed by atoms with E-state index in [0.29, 0.717) is 19.6 Å². The van der Waals surface area contributed by atoms with Crippen LogP contribution >= 0.6 is 0 Å². The molecule has 0 fully saturated rings. The molecule has 0 aliphatic carbocycles. The highest BCUT2D eigenvalue weighted by Gasteiger charge is 2.00. The van der Waals surface area contributed by atoms with Gasteiger partial charge in [-0.25, -0.2) is 9.78 Å². The van der Waals surface area contributed by atoms with E-state index in [1.165, 1.54) is 0 Å². The van der Waals surface area contributed by atoms with Gasteiger partial charge in [-0.3, -0.25) is 0 Å². The van der Waals surface area contributed by atoms with Gasteiger partial charge >= 0.3 is 6.03 Å². The molecule has 0 saturated carbocycles. The number of hydrogen-bond donors (Lipinski definition) is 3. The molecule has 112 valence electrons. The molecule has 21 heavy (non-hydrogen) atoms. The maximum absolute atomic E-state index is 11.6. The fourth-order valence-electron chi connectivity index (χ4n) is 1.91. The summed E-state index contributed by atoms with van der Waals surface area (Å²) >= 11 is 0. The Morgan fingerprint density at radius 2 is 1.86 bits per heavy atom. The molecule has 0 unspecified atom stereocenters. The summed E-state index contributed by atoms with van der Waals surface area (Å²) < 4.78 is 1.91. The van der Waals surface area contributed by atoms with Crippen molar-refractivity contribution in [2.24, 2.45) is 0 Å². The smallest absolute Gasteiger partial charge is 0.314 e. The molecule has 2 aromatic rings. The van der Waals surface area contributed by atoms with Gasteiger partial charge in [-0.15, -0.1) is 0 Å². The van der Waals surface area contributed by atoms with Gasteiger partial charge in [0.2, 0.25) is 0 Å². The van der Waals surface area contributed by atoms with Crippen LogP contribution in [0.4, 0.5) is 4.79 Å². The second kappa shape index (κ2) is 8.06. The van der Waals surface area contributed by atoms with Crippen LogP contribution in [-0.4, -0.2) is 33.8 Å². The maximum Gasteiger partial charge on any atom is 0.314 e. The number of rotatable bonds is 7. The number of imidazole rings is 1. The number of benzene rings is 1. The van der Waals surface area contributed by atoms with Gasteiger partial charge in [0.15, 0.2) is 0 Å². The Kier molecular flexibility index (Phi) is 5.78. The fraction of sp³-hybridized carbons (Fsp3) is 0.333. The van der Waals surface area contributed by atoms with E-state index in [0.717, 1.165) is 17.5 Å². The molecule has 2 amide bonds. The van der Waals surface area contributed by atoms with Crippen molar-refractivity contribution in [2.45, 2.75) is 19.6 Å². The largest absolute Gasteiger partial charge is 0.392 e. The highest BCUT2D eigenvalue weighted by atomic mass is 16.3. The molecular weight excluding hydrogens is 268 g/mol. The lowest BCUT2D eigenvalue weighted by atomic mass is 10.1. The van der Waals surface area contributed by atoms with E-state index in [9.17, 15) is 4.79 Å². The van der Waals surface area contributed by atoms with Gasteiger partial charge in [0.05, 0.1) is 12.9 Å².